The number of anilines is 1. The van der Waals surface area contributed by atoms with E-state index in [1.165, 1.54) is 5.56 Å². The third kappa shape index (κ3) is 4.41. The molecule has 0 spiro atoms. The summed E-state index contributed by atoms with van der Waals surface area (Å²) < 4.78 is 5.78. The highest BCUT2D eigenvalue weighted by Crippen LogP contribution is 2.37. The smallest absolute Gasteiger partial charge is 0.338 e. The zero-order chi connectivity index (χ0) is 21.3. The molecule has 1 amide bonds. The SMILES string of the molecule is Cc1cc(C)c(NC(=O)CN2C3CCC2CC(OC(=O)c2ccccc2)C3)c(C)c1. The Kier molecular flexibility index (Phi) is 5.91. The number of amides is 1. The van der Waals surface area contributed by atoms with Crippen molar-refractivity contribution in [2.75, 3.05) is 11.9 Å². The molecule has 4 rings (SSSR count). The van der Waals surface area contributed by atoms with Gasteiger partial charge in [0.15, 0.2) is 0 Å². The van der Waals surface area contributed by atoms with Crippen molar-refractivity contribution in [1.82, 2.24) is 4.90 Å². The zero-order valence-electron chi connectivity index (χ0n) is 18.0. The first-order chi connectivity index (χ1) is 14.4. The van der Waals surface area contributed by atoms with Gasteiger partial charge >= 0.3 is 5.97 Å². The highest BCUT2D eigenvalue weighted by molar-refractivity contribution is 5.94. The Labute approximate surface area is 178 Å². The first kappa shape index (κ1) is 20.6. The Hall–Kier alpha value is -2.66. The molecule has 2 saturated heterocycles. The third-order valence-electron chi connectivity index (χ3n) is 6.39. The second-order valence-corrected chi connectivity index (χ2v) is 8.74. The predicted molar refractivity (Wildman–Crippen MR) is 118 cm³/mol. The largest absolute Gasteiger partial charge is 0.459 e. The molecule has 2 bridgehead atoms. The fourth-order valence-corrected chi connectivity index (χ4v) is 5.09. The molecule has 2 heterocycles. The zero-order valence-corrected chi connectivity index (χ0v) is 18.0. The number of fused-ring (bicyclic) bond motifs is 2. The molecule has 0 radical (unpaired) electrons. The molecule has 1 N–H and O–H groups in total. The summed E-state index contributed by atoms with van der Waals surface area (Å²) in [6.45, 7) is 6.53. The standard InChI is InChI=1S/C25H30N2O3/c1-16-11-17(2)24(18(3)12-16)26-23(28)15-27-20-9-10-21(27)14-22(13-20)30-25(29)19-7-5-4-6-8-19/h4-8,11-12,20-22H,9-10,13-15H2,1-3H3,(H,26,28). The molecule has 2 fully saturated rings. The van der Waals surface area contributed by atoms with Gasteiger partial charge in [0.05, 0.1) is 12.1 Å². The van der Waals surface area contributed by atoms with Gasteiger partial charge in [-0.2, -0.15) is 0 Å². The van der Waals surface area contributed by atoms with Crippen LogP contribution in [0.25, 0.3) is 0 Å². The van der Waals surface area contributed by atoms with E-state index in [0.717, 1.165) is 42.5 Å². The fourth-order valence-electron chi connectivity index (χ4n) is 5.09. The lowest BCUT2D eigenvalue weighted by molar-refractivity contribution is -0.119. The molecule has 2 aromatic rings. The topological polar surface area (TPSA) is 58.6 Å². The van der Waals surface area contributed by atoms with Crippen LogP contribution >= 0.6 is 0 Å². The number of carbonyl (C=O) groups is 2. The maximum Gasteiger partial charge on any atom is 0.338 e. The first-order valence-corrected chi connectivity index (χ1v) is 10.8. The van der Waals surface area contributed by atoms with Crippen molar-refractivity contribution in [3.8, 4) is 0 Å². The minimum Gasteiger partial charge on any atom is -0.459 e. The highest BCUT2D eigenvalue weighted by atomic mass is 16.5. The van der Waals surface area contributed by atoms with Crippen LogP contribution < -0.4 is 5.32 Å². The quantitative estimate of drug-likeness (QED) is 0.748. The molecular weight excluding hydrogens is 376 g/mol. The average molecular weight is 407 g/mol. The molecule has 5 heteroatoms. The first-order valence-electron chi connectivity index (χ1n) is 10.8. The van der Waals surface area contributed by atoms with Crippen molar-refractivity contribution >= 4 is 17.6 Å². The summed E-state index contributed by atoms with van der Waals surface area (Å²) in [5.41, 5.74) is 4.90. The molecule has 5 nitrogen and oxygen atoms in total. The van der Waals surface area contributed by atoms with Crippen LogP contribution in [0.1, 0.15) is 52.7 Å². The van der Waals surface area contributed by atoms with Gasteiger partial charge in [0.25, 0.3) is 0 Å². The van der Waals surface area contributed by atoms with E-state index in [-0.39, 0.29) is 18.0 Å². The van der Waals surface area contributed by atoms with Gasteiger partial charge in [-0.15, -0.1) is 0 Å². The van der Waals surface area contributed by atoms with Crippen molar-refractivity contribution in [3.63, 3.8) is 0 Å². The number of piperidine rings is 1. The van der Waals surface area contributed by atoms with Crippen LogP contribution in [-0.2, 0) is 9.53 Å². The second-order valence-electron chi connectivity index (χ2n) is 8.74. The number of hydrogen-bond donors (Lipinski definition) is 1. The molecule has 0 saturated carbocycles. The number of hydrogen-bond acceptors (Lipinski definition) is 4. The van der Waals surface area contributed by atoms with E-state index in [1.54, 1.807) is 12.1 Å². The molecule has 0 aliphatic carbocycles. The van der Waals surface area contributed by atoms with E-state index in [2.05, 4.69) is 29.3 Å². The maximum absolute atomic E-state index is 12.8. The van der Waals surface area contributed by atoms with E-state index >= 15 is 0 Å². The number of ether oxygens (including phenoxy) is 1. The average Bonchev–Trinajstić information content (AvgIpc) is 2.93. The third-order valence-corrected chi connectivity index (χ3v) is 6.39. The van der Waals surface area contributed by atoms with Crippen molar-refractivity contribution in [1.29, 1.82) is 0 Å². The number of nitrogens with zero attached hydrogens (tertiary/aromatic N) is 1. The summed E-state index contributed by atoms with van der Waals surface area (Å²) in [7, 11) is 0. The monoisotopic (exact) mass is 406 g/mol. The lowest BCUT2D eigenvalue weighted by Crippen LogP contribution is -2.48. The molecule has 0 aromatic heterocycles. The van der Waals surface area contributed by atoms with Crippen molar-refractivity contribution in [2.45, 2.75) is 64.6 Å². The van der Waals surface area contributed by atoms with E-state index in [9.17, 15) is 9.59 Å². The number of aryl methyl sites for hydroxylation is 3. The molecule has 30 heavy (non-hydrogen) atoms. The predicted octanol–water partition coefficient (Wildman–Crippen LogP) is 4.40. The molecular formula is C25H30N2O3. The van der Waals surface area contributed by atoms with Gasteiger partial charge in [0, 0.05) is 30.6 Å². The molecule has 158 valence electrons. The van der Waals surface area contributed by atoms with Gasteiger partial charge in [-0.25, -0.2) is 4.79 Å². The van der Waals surface area contributed by atoms with Gasteiger partial charge < -0.3 is 10.1 Å². The van der Waals surface area contributed by atoms with Crippen LogP contribution in [0.15, 0.2) is 42.5 Å². The molecule has 2 atom stereocenters. The van der Waals surface area contributed by atoms with Gasteiger partial charge in [-0.05, 0) is 56.9 Å². The Morgan fingerprint density at radius 2 is 1.60 bits per heavy atom. The van der Waals surface area contributed by atoms with Gasteiger partial charge in [0.1, 0.15) is 6.10 Å². The van der Waals surface area contributed by atoms with Gasteiger partial charge in [0.2, 0.25) is 5.91 Å². The lowest BCUT2D eigenvalue weighted by atomic mass is 9.99. The van der Waals surface area contributed by atoms with E-state index in [1.807, 2.05) is 32.0 Å². The maximum atomic E-state index is 12.8. The Morgan fingerprint density at radius 3 is 2.20 bits per heavy atom. The Balaban J connectivity index is 1.35. The number of nitrogens with one attached hydrogen (secondary N) is 1. The van der Waals surface area contributed by atoms with Crippen LogP contribution in [0.2, 0.25) is 0 Å². The summed E-state index contributed by atoms with van der Waals surface area (Å²) in [5, 5.41) is 3.12. The summed E-state index contributed by atoms with van der Waals surface area (Å²) in [4.78, 5) is 27.5. The van der Waals surface area contributed by atoms with Crippen molar-refractivity contribution < 1.29 is 14.3 Å². The molecule has 2 aromatic carbocycles. The number of carbonyl (C=O) groups excluding carboxylic acids is 2. The van der Waals surface area contributed by atoms with E-state index in [4.69, 9.17) is 4.74 Å². The Bertz CT molecular complexity index is 904. The number of esters is 1. The minimum atomic E-state index is -0.253. The van der Waals surface area contributed by atoms with Crippen molar-refractivity contribution in [3.05, 3.63) is 64.7 Å². The van der Waals surface area contributed by atoms with Crippen LogP contribution in [0.4, 0.5) is 5.69 Å². The Morgan fingerprint density at radius 1 is 1.00 bits per heavy atom. The van der Waals surface area contributed by atoms with E-state index < -0.39 is 0 Å². The molecule has 2 aliphatic rings. The number of rotatable bonds is 5. The van der Waals surface area contributed by atoms with Crippen molar-refractivity contribution in [2.24, 2.45) is 0 Å². The summed E-state index contributed by atoms with van der Waals surface area (Å²) in [6.07, 6.45) is 3.63. The summed E-state index contributed by atoms with van der Waals surface area (Å²) >= 11 is 0. The number of benzene rings is 2. The lowest BCUT2D eigenvalue weighted by Gasteiger charge is -2.38. The van der Waals surface area contributed by atoms with Gasteiger partial charge in [-0.1, -0.05) is 35.9 Å². The second kappa shape index (κ2) is 8.60. The van der Waals surface area contributed by atoms with Crippen LogP contribution in [0.3, 0.4) is 0 Å². The van der Waals surface area contributed by atoms with Crippen LogP contribution in [0.5, 0.6) is 0 Å². The molecule has 2 unspecified atom stereocenters. The van der Waals surface area contributed by atoms with Crippen LogP contribution in [0, 0.1) is 20.8 Å². The van der Waals surface area contributed by atoms with Crippen LogP contribution in [-0.4, -0.2) is 41.5 Å². The summed E-state index contributed by atoms with van der Waals surface area (Å²) in [6, 6.07) is 13.9. The molecule has 2 aliphatic heterocycles. The highest BCUT2D eigenvalue weighted by Gasteiger charge is 2.42. The fraction of sp³-hybridized carbons (Fsp3) is 0.440. The van der Waals surface area contributed by atoms with E-state index in [0.29, 0.717) is 24.2 Å². The minimum absolute atomic E-state index is 0.0293. The summed E-state index contributed by atoms with van der Waals surface area (Å²) in [5.74, 6) is -0.224. The normalized spacial score (nSPS) is 23.2. The van der Waals surface area contributed by atoms with Gasteiger partial charge in [-0.3, -0.25) is 9.69 Å².